The van der Waals surface area contributed by atoms with E-state index >= 15 is 0 Å². The number of aryl methyl sites for hydroxylation is 1. The van der Waals surface area contributed by atoms with Gasteiger partial charge in [0.2, 0.25) is 3.79 Å². The highest BCUT2D eigenvalue weighted by molar-refractivity contribution is 14.1. The third kappa shape index (κ3) is 6.94. The summed E-state index contributed by atoms with van der Waals surface area (Å²) in [5.41, 5.74) is 2.40. The van der Waals surface area contributed by atoms with Crippen LogP contribution in [0.5, 0.6) is 0 Å². The molecular weight excluding hydrogens is 540 g/mol. The number of halogens is 4. The van der Waals surface area contributed by atoms with E-state index in [-0.39, 0.29) is 11.0 Å². The van der Waals surface area contributed by atoms with Gasteiger partial charge < -0.3 is 16.0 Å². The van der Waals surface area contributed by atoms with Crippen molar-refractivity contribution in [3.05, 3.63) is 63.2 Å². The summed E-state index contributed by atoms with van der Waals surface area (Å²) in [4.78, 5) is 12.5. The van der Waals surface area contributed by atoms with E-state index in [0.29, 0.717) is 5.56 Å². The van der Waals surface area contributed by atoms with Crippen LogP contribution in [0.3, 0.4) is 0 Å². The van der Waals surface area contributed by atoms with Gasteiger partial charge in [0, 0.05) is 14.8 Å². The second-order valence-electron chi connectivity index (χ2n) is 5.57. The molecule has 0 heterocycles. The van der Waals surface area contributed by atoms with Crippen molar-refractivity contribution >= 4 is 86.3 Å². The third-order valence-electron chi connectivity index (χ3n) is 3.61. The molecule has 0 spiro atoms. The molecule has 0 fully saturated rings. The number of hydrogen-bond donors (Lipinski definition) is 3. The lowest BCUT2D eigenvalue weighted by molar-refractivity contribution is 0.0934. The first-order chi connectivity index (χ1) is 12.7. The minimum Gasteiger partial charge on any atom is -0.339 e. The molecule has 4 nitrogen and oxygen atoms in total. The molecule has 1 amide bonds. The standard InChI is InChI=1S/C18H17Cl3IN3OS/c1-2-11-6-3-4-9-14(11)23-17(27)25-16(18(19,20)21)24-15(26)12-7-5-8-13(22)10-12/h3-10,16H,2H2,1H3,(H,24,26)(H2,23,25,27). The number of rotatable bonds is 5. The number of nitrogens with one attached hydrogen (secondary N) is 3. The average Bonchev–Trinajstić information content (AvgIpc) is 2.60. The predicted molar refractivity (Wildman–Crippen MR) is 126 cm³/mol. The molecule has 2 rings (SSSR count). The molecule has 0 aliphatic rings. The topological polar surface area (TPSA) is 53.2 Å². The van der Waals surface area contributed by atoms with Gasteiger partial charge in [-0.1, -0.05) is 66.0 Å². The Labute approximate surface area is 192 Å². The molecule has 144 valence electrons. The van der Waals surface area contributed by atoms with Crippen molar-refractivity contribution in [2.75, 3.05) is 5.32 Å². The number of carbonyl (C=O) groups is 1. The zero-order chi connectivity index (χ0) is 20.0. The Hall–Kier alpha value is -0.800. The zero-order valence-electron chi connectivity index (χ0n) is 14.2. The van der Waals surface area contributed by atoms with Gasteiger partial charge in [0.05, 0.1) is 0 Å². The summed E-state index contributed by atoms with van der Waals surface area (Å²) in [6.07, 6.45) is -0.190. The van der Waals surface area contributed by atoms with Gasteiger partial charge >= 0.3 is 0 Å². The fraction of sp³-hybridized carbons (Fsp3) is 0.222. The van der Waals surface area contributed by atoms with Gasteiger partial charge in [-0.15, -0.1) is 0 Å². The van der Waals surface area contributed by atoms with E-state index in [4.69, 9.17) is 47.0 Å². The molecule has 0 bridgehead atoms. The molecule has 2 aromatic rings. The first-order valence-electron chi connectivity index (χ1n) is 7.99. The number of carbonyl (C=O) groups excluding carboxylic acids is 1. The molecule has 3 N–H and O–H groups in total. The Morgan fingerprint density at radius 2 is 1.85 bits per heavy atom. The maximum Gasteiger partial charge on any atom is 0.253 e. The Balaban J connectivity index is 2.10. The van der Waals surface area contributed by atoms with Crippen molar-refractivity contribution in [2.45, 2.75) is 23.3 Å². The van der Waals surface area contributed by atoms with E-state index in [9.17, 15) is 4.79 Å². The van der Waals surface area contributed by atoms with Crippen molar-refractivity contribution in [3.8, 4) is 0 Å². The summed E-state index contributed by atoms with van der Waals surface area (Å²) in [7, 11) is 0. The van der Waals surface area contributed by atoms with Gasteiger partial charge in [0.25, 0.3) is 5.91 Å². The molecule has 2 aromatic carbocycles. The van der Waals surface area contributed by atoms with E-state index in [0.717, 1.165) is 21.2 Å². The second kappa shape index (κ2) is 10.1. The van der Waals surface area contributed by atoms with Gasteiger partial charge in [-0.2, -0.15) is 0 Å². The van der Waals surface area contributed by atoms with Crippen molar-refractivity contribution in [2.24, 2.45) is 0 Å². The maximum atomic E-state index is 12.5. The SMILES string of the molecule is CCc1ccccc1NC(=S)NC(NC(=O)c1cccc(I)c1)C(Cl)(Cl)Cl. The van der Waals surface area contributed by atoms with Crippen LogP contribution in [-0.2, 0) is 6.42 Å². The minimum absolute atomic E-state index is 0.232. The summed E-state index contributed by atoms with van der Waals surface area (Å²) in [5, 5.41) is 8.84. The highest BCUT2D eigenvalue weighted by Gasteiger charge is 2.35. The highest BCUT2D eigenvalue weighted by atomic mass is 127. The van der Waals surface area contributed by atoms with Gasteiger partial charge in [-0.25, -0.2) is 0 Å². The van der Waals surface area contributed by atoms with Gasteiger partial charge in [0.1, 0.15) is 6.17 Å². The molecule has 0 saturated heterocycles. The zero-order valence-corrected chi connectivity index (χ0v) is 19.5. The summed E-state index contributed by atoms with van der Waals surface area (Å²) in [5.74, 6) is -0.380. The monoisotopic (exact) mass is 555 g/mol. The van der Waals surface area contributed by atoms with Gasteiger partial charge in [-0.05, 0) is 71.1 Å². The Kier molecular flexibility index (Phi) is 8.42. The lowest BCUT2D eigenvalue weighted by atomic mass is 10.1. The van der Waals surface area contributed by atoms with E-state index in [1.54, 1.807) is 18.2 Å². The summed E-state index contributed by atoms with van der Waals surface area (Å²) in [6, 6.07) is 14.8. The first-order valence-corrected chi connectivity index (χ1v) is 10.6. The fourth-order valence-electron chi connectivity index (χ4n) is 2.28. The highest BCUT2D eigenvalue weighted by Crippen LogP contribution is 2.29. The molecule has 0 radical (unpaired) electrons. The number of alkyl halides is 3. The Bertz CT molecular complexity index is 829. The summed E-state index contributed by atoms with van der Waals surface area (Å²) in [6.45, 7) is 2.04. The Morgan fingerprint density at radius 1 is 1.15 bits per heavy atom. The Morgan fingerprint density at radius 3 is 2.48 bits per heavy atom. The number of amides is 1. The number of thiocarbonyl (C=S) groups is 1. The number of anilines is 1. The van der Waals surface area contributed by atoms with Crippen LogP contribution >= 0.6 is 69.6 Å². The fourth-order valence-corrected chi connectivity index (χ4v) is 3.38. The van der Waals surface area contributed by atoms with E-state index < -0.39 is 9.96 Å². The van der Waals surface area contributed by atoms with Crippen LogP contribution in [0.2, 0.25) is 0 Å². The average molecular weight is 557 g/mol. The second-order valence-corrected chi connectivity index (χ2v) is 9.59. The van der Waals surface area contributed by atoms with Crippen LogP contribution in [0.4, 0.5) is 5.69 Å². The normalized spacial score (nSPS) is 12.2. The molecular formula is C18H17Cl3IN3OS. The minimum atomic E-state index is -1.81. The van der Waals surface area contributed by atoms with E-state index in [1.165, 1.54) is 0 Å². The molecule has 0 aromatic heterocycles. The third-order valence-corrected chi connectivity index (χ3v) is 5.16. The number of benzene rings is 2. The smallest absolute Gasteiger partial charge is 0.253 e. The molecule has 0 aliphatic carbocycles. The maximum absolute atomic E-state index is 12.5. The molecule has 27 heavy (non-hydrogen) atoms. The molecule has 1 atom stereocenters. The summed E-state index contributed by atoms with van der Waals surface area (Å²) >= 11 is 25.5. The molecule has 0 saturated carbocycles. The lowest BCUT2D eigenvalue weighted by Crippen LogP contribution is -2.56. The van der Waals surface area contributed by atoms with E-state index in [1.807, 2.05) is 37.3 Å². The lowest BCUT2D eigenvalue weighted by Gasteiger charge is -2.28. The van der Waals surface area contributed by atoms with Crippen molar-refractivity contribution in [1.29, 1.82) is 0 Å². The van der Waals surface area contributed by atoms with Crippen LogP contribution in [-0.4, -0.2) is 21.0 Å². The molecule has 0 aliphatic heterocycles. The molecule has 1 unspecified atom stereocenters. The molecule has 9 heteroatoms. The van der Waals surface area contributed by atoms with Crippen molar-refractivity contribution in [3.63, 3.8) is 0 Å². The number of para-hydroxylation sites is 1. The largest absolute Gasteiger partial charge is 0.339 e. The summed E-state index contributed by atoms with van der Waals surface area (Å²) < 4.78 is -0.889. The van der Waals surface area contributed by atoms with Crippen LogP contribution in [0, 0.1) is 3.57 Å². The van der Waals surface area contributed by atoms with Crippen molar-refractivity contribution < 1.29 is 4.79 Å². The van der Waals surface area contributed by atoms with Crippen LogP contribution in [0.1, 0.15) is 22.8 Å². The van der Waals surface area contributed by atoms with Crippen LogP contribution in [0.25, 0.3) is 0 Å². The van der Waals surface area contributed by atoms with Crippen LogP contribution < -0.4 is 16.0 Å². The van der Waals surface area contributed by atoms with Crippen LogP contribution in [0.15, 0.2) is 48.5 Å². The van der Waals surface area contributed by atoms with Crippen molar-refractivity contribution in [1.82, 2.24) is 10.6 Å². The predicted octanol–water partition coefficient (Wildman–Crippen LogP) is 5.27. The van der Waals surface area contributed by atoms with E-state index in [2.05, 4.69) is 38.5 Å². The number of hydrogen-bond acceptors (Lipinski definition) is 2. The van der Waals surface area contributed by atoms with Gasteiger partial charge in [0.15, 0.2) is 5.11 Å². The first kappa shape index (κ1) is 22.5. The quantitative estimate of drug-likeness (QED) is 0.203. The van der Waals surface area contributed by atoms with Gasteiger partial charge in [-0.3, -0.25) is 4.79 Å².